The summed E-state index contributed by atoms with van der Waals surface area (Å²) >= 11 is 0. The Kier molecular flexibility index (Phi) is 5.41. The van der Waals surface area contributed by atoms with Gasteiger partial charge in [0.15, 0.2) is 11.5 Å². The van der Waals surface area contributed by atoms with Crippen molar-refractivity contribution in [2.75, 3.05) is 33.4 Å². The molecule has 4 heteroatoms. The van der Waals surface area contributed by atoms with E-state index in [1.54, 1.807) is 25.3 Å². The summed E-state index contributed by atoms with van der Waals surface area (Å²) in [5, 5.41) is 0. The van der Waals surface area contributed by atoms with Crippen molar-refractivity contribution in [2.24, 2.45) is 5.92 Å². The van der Waals surface area contributed by atoms with Crippen LogP contribution in [0.3, 0.4) is 0 Å². The Morgan fingerprint density at radius 3 is 2.95 bits per heavy atom. The van der Waals surface area contributed by atoms with E-state index >= 15 is 0 Å². The van der Waals surface area contributed by atoms with Crippen LogP contribution in [0.5, 0.6) is 11.5 Å². The van der Waals surface area contributed by atoms with E-state index in [2.05, 4.69) is 11.8 Å². The van der Waals surface area contributed by atoms with Gasteiger partial charge < -0.3 is 9.47 Å². The molecule has 1 saturated heterocycles. The second kappa shape index (κ2) is 7.29. The third kappa shape index (κ3) is 3.97. The van der Waals surface area contributed by atoms with Crippen molar-refractivity contribution in [2.45, 2.75) is 19.8 Å². The van der Waals surface area contributed by atoms with Crippen LogP contribution in [0.2, 0.25) is 0 Å². The highest BCUT2D eigenvalue weighted by molar-refractivity contribution is 5.76. The molecule has 20 heavy (non-hydrogen) atoms. The Balaban J connectivity index is 1.85. The predicted octanol–water partition coefficient (Wildman–Crippen LogP) is 2.62. The Hall–Kier alpha value is -1.55. The van der Waals surface area contributed by atoms with Gasteiger partial charge in [-0.2, -0.15) is 0 Å². The molecule has 0 radical (unpaired) electrons. The summed E-state index contributed by atoms with van der Waals surface area (Å²) in [6.07, 6.45) is 3.41. The van der Waals surface area contributed by atoms with Gasteiger partial charge in [0.05, 0.1) is 7.11 Å². The summed E-state index contributed by atoms with van der Waals surface area (Å²) in [6, 6.07) is 5.24. The predicted molar refractivity (Wildman–Crippen MR) is 78.7 cm³/mol. The number of nitrogens with zero attached hydrogens (tertiary/aromatic N) is 1. The van der Waals surface area contributed by atoms with Crippen LogP contribution in [0.4, 0.5) is 0 Å². The SMILES string of the molecule is COc1cc(C=O)ccc1OCCN1CCCC(C)C1. The maximum absolute atomic E-state index is 10.7. The van der Waals surface area contributed by atoms with Gasteiger partial charge in [-0.3, -0.25) is 9.69 Å². The van der Waals surface area contributed by atoms with E-state index in [-0.39, 0.29) is 0 Å². The summed E-state index contributed by atoms with van der Waals surface area (Å²) in [7, 11) is 1.59. The molecule has 1 aromatic carbocycles. The number of benzene rings is 1. The summed E-state index contributed by atoms with van der Waals surface area (Å²) in [5.41, 5.74) is 0.596. The van der Waals surface area contributed by atoms with Crippen LogP contribution in [0.1, 0.15) is 30.1 Å². The molecule has 2 rings (SSSR count). The molecule has 1 atom stereocenters. The summed E-state index contributed by atoms with van der Waals surface area (Å²) in [6.45, 7) is 6.19. The molecule has 0 aliphatic carbocycles. The quantitative estimate of drug-likeness (QED) is 0.749. The molecule has 4 nitrogen and oxygen atoms in total. The first-order chi connectivity index (χ1) is 9.72. The number of likely N-dealkylation sites (tertiary alicyclic amines) is 1. The number of aldehydes is 1. The van der Waals surface area contributed by atoms with E-state index in [0.717, 1.165) is 31.8 Å². The molecular weight excluding hydrogens is 254 g/mol. The average molecular weight is 277 g/mol. The van der Waals surface area contributed by atoms with Gasteiger partial charge in [-0.25, -0.2) is 0 Å². The highest BCUT2D eigenvalue weighted by atomic mass is 16.5. The first kappa shape index (κ1) is 14.9. The van der Waals surface area contributed by atoms with Crippen molar-refractivity contribution in [1.29, 1.82) is 0 Å². The maximum atomic E-state index is 10.7. The van der Waals surface area contributed by atoms with Crippen LogP contribution >= 0.6 is 0 Å². The smallest absolute Gasteiger partial charge is 0.161 e. The maximum Gasteiger partial charge on any atom is 0.161 e. The number of ether oxygens (including phenoxy) is 2. The minimum atomic E-state index is 0.596. The molecule has 1 unspecified atom stereocenters. The van der Waals surface area contributed by atoms with Gasteiger partial charge in [0.1, 0.15) is 12.9 Å². The molecule has 110 valence electrons. The number of carbonyl (C=O) groups is 1. The molecule has 0 saturated carbocycles. The van der Waals surface area contributed by atoms with E-state index in [9.17, 15) is 4.79 Å². The number of methoxy groups -OCH3 is 1. The Morgan fingerprint density at radius 1 is 1.40 bits per heavy atom. The standard InChI is InChI=1S/C16H23NO3/c1-13-4-3-7-17(11-13)8-9-20-15-6-5-14(12-18)10-16(15)19-2/h5-6,10,12-13H,3-4,7-9,11H2,1-2H3. The molecule has 0 N–H and O–H groups in total. The van der Waals surface area contributed by atoms with E-state index < -0.39 is 0 Å². The molecule has 0 amide bonds. The molecule has 0 bridgehead atoms. The van der Waals surface area contributed by atoms with E-state index in [0.29, 0.717) is 23.7 Å². The largest absolute Gasteiger partial charge is 0.493 e. The fourth-order valence-corrected chi connectivity index (χ4v) is 2.65. The molecular formula is C16H23NO3. The van der Waals surface area contributed by atoms with Gasteiger partial charge in [0.25, 0.3) is 0 Å². The summed E-state index contributed by atoms with van der Waals surface area (Å²) in [5.74, 6) is 2.09. The van der Waals surface area contributed by atoms with Gasteiger partial charge in [0.2, 0.25) is 0 Å². The number of carbonyl (C=O) groups excluding carboxylic acids is 1. The fourth-order valence-electron chi connectivity index (χ4n) is 2.65. The minimum absolute atomic E-state index is 0.596. The number of piperidine rings is 1. The van der Waals surface area contributed by atoms with Crippen molar-refractivity contribution in [3.05, 3.63) is 23.8 Å². The van der Waals surface area contributed by atoms with Crippen LogP contribution < -0.4 is 9.47 Å². The number of rotatable bonds is 6. The van der Waals surface area contributed by atoms with Crippen molar-refractivity contribution >= 4 is 6.29 Å². The monoisotopic (exact) mass is 277 g/mol. The molecule has 1 heterocycles. The third-order valence-corrected chi connectivity index (χ3v) is 3.73. The minimum Gasteiger partial charge on any atom is -0.493 e. The van der Waals surface area contributed by atoms with Crippen LogP contribution in [-0.4, -0.2) is 44.5 Å². The molecule has 1 aliphatic heterocycles. The average Bonchev–Trinajstić information content (AvgIpc) is 2.47. The second-order valence-corrected chi connectivity index (χ2v) is 5.42. The van der Waals surface area contributed by atoms with Crippen LogP contribution in [0, 0.1) is 5.92 Å². The molecule has 0 spiro atoms. The number of hydrogen-bond acceptors (Lipinski definition) is 4. The van der Waals surface area contributed by atoms with Gasteiger partial charge in [0, 0.05) is 18.7 Å². The Morgan fingerprint density at radius 2 is 2.25 bits per heavy atom. The van der Waals surface area contributed by atoms with Crippen molar-refractivity contribution < 1.29 is 14.3 Å². The second-order valence-electron chi connectivity index (χ2n) is 5.42. The summed E-state index contributed by atoms with van der Waals surface area (Å²) < 4.78 is 11.0. The zero-order valence-corrected chi connectivity index (χ0v) is 12.3. The van der Waals surface area contributed by atoms with Gasteiger partial charge >= 0.3 is 0 Å². The van der Waals surface area contributed by atoms with E-state index in [1.807, 2.05) is 0 Å². The molecule has 1 aliphatic rings. The van der Waals surface area contributed by atoms with Gasteiger partial charge in [-0.15, -0.1) is 0 Å². The van der Waals surface area contributed by atoms with Crippen molar-refractivity contribution in [3.8, 4) is 11.5 Å². The first-order valence-electron chi connectivity index (χ1n) is 7.21. The van der Waals surface area contributed by atoms with E-state index in [1.165, 1.54) is 12.8 Å². The van der Waals surface area contributed by atoms with Crippen LogP contribution in [-0.2, 0) is 0 Å². The van der Waals surface area contributed by atoms with Crippen molar-refractivity contribution in [1.82, 2.24) is 4.90 Å². The topological polar surface area (TPSA) is 38.8 Å². The van der Waals surface area contributed by atoms with Crippen molar-refractivity contribution in [3.63, 3.8) is 0 Å². The fraction of sp³-hybridized carbons (Fsp3) is 0.562. The normalized spacial score (nSPS) is 19.6. The Labute approximate surface area is 120 Å². The molecule has 1 aromatic rings. The lowest BCUT2D eigenvalue weighted by Crippen LogP contribution is -2.37. The number of hydrogen-bond donors (Lipinski definition) is 0. The third-order valence-electron chi connectivity index (χ3n) is 3.73. The first-order valence-corrected chi connectivity index (χ1v) is 7.21. The molecule has 1 fully saturated rings. The van der Waals surface area contributed by atoms with Gasteiger partial charge in [-0.1, -0.05) is 6.92 Å². The highest BCUT2D eigenvalue weighted by Crippen LogP contribution is 2.27. The highest BCUT2D eigenvalue weighted by Gasteiger charge is 2.16. The van der Waals surface area contributed by atoms with E-state index in [4.69, 9.17) is 9.47 Å². The lowest BCUT2D eigenvalue weighted by Gasteiger charge is -2.30. The molecule has 0 aromatic heterocycles. The summed E-state index contributed by atoms with van der Waals surface area (Å²) in [4.78, 5) is 13.2. The van der Waals surface area contributed by atoms with Gasteiger partial charge in [-0.05, 0) is 43.5 Å². The van der Waals surface area contributed by atoms with Crippen LogP contribution in [0.15, 0.2) is 18.2 Å². The zero-order valence-electron chi connectivity index (χ0n) is 12.3. The Bertz CT molecular complexity index is 447. The lowest BCUT2D eigenvalue weighted by molar-refractivity contribution is 0.112. The zero-order chi connectivity index (χ0) is 14.4. The van der Waals surface area contributed by atoms with Crippen LogP contribution in [0.25, 0.3) is 0 Å². The lowest BCUT2D eigenvalue weighted by atomic mass is 10.0.